The summed E-state index contributed by atoms with van der Waals surface area (Å²) in [6.07, 6.45) is 3.78. The highest BCUT2D eigenvalue weighted by Crippen LogP contribution is 2.44. The maximum absolute atomic E-state index is 11.2. The van der Waals surface area contributed by atoms with Crippen LogP contribution in [0, 0.1) is 13.8 Å². The molecule has 0 radical (unpaired) electrons. The van der Waals surface area contributed by atoms with Crippen molar-refractivity contribution >= 4 is 5.97 Å². The molecule has 0 fully saturated rings. The van der Waals surface area contributed by atoms with Gasteiger partial charge in [0.15, 0.2) is 0 Å². The van der Waals surface area contributed by atoms with Gasteiger partial charge in [-0.05, 0) is 84.3 Å². The fourth-order valence-electron chi connectivity index (χ4n) is 5.98. The van der Waals surface area contributed by atoms with Crippen LogP contribution in [0.3, 0.4) is 0 Å². The highest BCUT2D eigenvalue weighted by molar-refractivity contribution is 5.76. The van der Waals surface area contributed by atoms with Crippen LogP contribution < -0.4 is 14.2 Å². The first-order valence-corrected chi connectivity index (χ1v) is 13.4. The Bertz CT molecular complexity index is 1530. The Morgan fingerprint density at radius 3 is 2.64 bits per heavy atom. The summed E-state index contributed by atoms with van der Waals surface area (Å²) < 4.78 is 20.1. The first kappa shape index (κ1) is 25.0. The van der Waals surface area contributed by atoms with Crippen LogP contribution in [0.15, 0.2) is 60.8 Å². The van der Waals surface area contributed by atoms with E-state index in [1.165, 1.54) is 33.4 Å². The average Bonchev–Trinajstić information content (AvgIpc) is 3.61. The Balaban J connectivity index is 1.21. The van der Waals surface area contributed by atoms with E-state index in [0.29, 0.717) is 13.2 Å². The summed E-state index contributed by atoms with van der Waals surface area (Å²) >= 11 is 0. The number of rotatable bonds is 8. The molecule has 6 rings (SSSR count). The molecular weight excluding hydrogens is 492 g/mol. The summed E-state index contributed by atoms with van der Waals surface area (Å²) in [6.45, 7) is 5.11. The molecule has 4 aromatic rings. The van der Waals surface area contributed by atoms with E-state index in [4.69, 9.17) is 19.3 Å². The van der Waals surface area contributed by atoms with Crippen LogP contribution >= 0.6 is 0 Å². The standard InChI is InChI=1S/C32H32N2O5/c1-19-13-24(37-18-22-11-12-34(3)33-22)14-20(2)32(19)28-6-4-5-27-26(28)9-10-29(27)39-23-7-8-25-21(15-31(35)36)17-38-30(25)16-23/h4-8,11-14,16,21,29H,9-10,15,17-18H2,1-3H3,(H,35,36)/t21-,29?/m1/s1. The molecule has 0 amide bonds. The van der Waals surface area contributed by atoms with Crippen molar-refractivity contribution in [3.05, 3.63) is 94.3 Å². The third kappa shape index (κ3) is 4.97. The number of aromatic nitrogens is 2. The molecule has 1 aliphatic carbocycles. The van der Waals surface area contributed by atoms with Gasteiger partial charge in [0, 0.05) is 30.8 Å². The Morgan fingerprint density at radius 2 is 1.90 bits per heavy atom. The van der Waals surface area contributed by atoms with Crippen molar-refractivity contribution in [3.8, 4) is 28.4 Å². The quantitative estimate of drug-likeness (QED) is 0.291. The van der Waals surface area contributed by atoms with Gasteiger partial charge in [-0.1, -0.05) is 24.3 Å². The van der Waals surface area contributed by atoms with E-state index in [2.05, 4.69) is 49.3 Å². The topological polar surface area (TPSA) is 82.8 Å². The zero-order chi connectivity index (χ0) is 27.1. The fourth-order valence-corrected chi connectivity index (χ4v) is 5.98. The molecule has 0 bridgehead atoms. The van der Waals surface area contributed by atoms with Crippen LogP contribution in [0.4, 0.5) is 0 Å². The highest BCUT2D eigenvalue weighted by atomic mass is 16.5. The van der Waals surface area contributed by atoms with Crippen molar-refractivity contribution in [2.45, 2.75) is 51.7 Å². The van der Waals surface area contributed by atoms with Crippen molar-refractivity contribution in [1.29, 1.82) is 0 Å². The Morgan fingerprint density at radius 1 is 1.08 bits per heavy atom. The summed E-state index contributed by atoms with van der Waals surface area (Å²) in [5.41, 5.74) is 9.23. The van der Waals surface area contributed by atoms with Gasteiger partial charge in [0.2, 0.25) is 0 Å². The number of aryl methyl sites for hydroxylation is 3. The van der Waals surface area contributed by atoms with Crippen molar-refractivity contribution in [3.63, 3.8) is 0 Å². The predicted octanol–water partition coefficient (Wildman–Crippen LogP) is 6.30. The molecule has 0 saturated carbocycles. The average molecular weight is 525 g/mol. The molecule has 7 nitrogen and oxygen atoms in total. The van der Waals surface area contributed by atoms with E-state index in [1.807, 2.05) is 37.5 Å². The number of aliphatic carboxylic acids is 1. The third-order valence-electron chi connectivity index (χ3n) is 7.71. The number of carboxylic acids is 1. The van der Waals surface area contributed by atoms with Gasteiger partial charge in [-0.25, -0.2) is 0 Å². The van der Waals surface area contributed by atoms with Crippen LogP contribution in [-0.2, 0) is 24.9 Å². The fraction of sp³-hybridized carbons (Fsp3) is 0.312. The van der Waals surface area contributed by atoms with E-state index in [-0.39, 0.29) is 18.4 Å². The van der Waals surface area contributed by atoms with Crippen molar-refractivity contribution in [2.75, 3.05) is 6.61 Å². The second-order valence-electron chi connectivity index (χ2n) is 10.5. The van der Waals surface area contributed by atoms with E-state index >= 15 is 0 Å². The number of hydrogen-bond acceptors (Lipinski definition) is 5. The summed E-state index contributed by atoms with van der Waals surface area (Å²) in [7, 11) is 1.90. The lowest BCUT2D eigenvalue weighted by Crippen LogP contribution is -2.07. The molecule has 1 N–H and O–H groups in total. The molecule has 200 valence electrons. The summed E-state index contributed by atoms with van der Waals surface area (Å²) in [6, 6.07) is 18.4. The molecule has 1 unspecified atom stereocenters. The maximum atomic E-state index is 11.2. The minimum Gasteiger partial charge on any atom is -0.492 e. The predicted molar refractivity (Wildman–Crippen MR) is 148 cm³/mol. The number of ether oxygens (including phenoxy) is 3. The molecule has 1 aliphatic heterocycles. The van der Waals surface area contributed by atoms with Gasteiger partial charge in [-0.3, -0.25) is 9.48 Å². The van der Waals surface area contributed by atoms with Crippen LogP contribution in [0.5, 0.6) is 17.2 Å². The summed E-state index contributed by atoms with van der Waals surface area (Å²) in [5.74, 6) is 1.39. The zero-order valence-corrected chi connectivity index (χ0v) is 22.4. The lowest BCUT2D eigenvalue weighted by atomic mass is 9.90. The van der Waals surface area contributed by atoms with Crippen molar-refractivity contribution < 1.29 is 24.1 Å². The molecule has 0 saturated heterocycles. The Hall–Kier alpha value is -4.26. The Kier molecular flexibility index (Phi) is 6.51. The molecule has 2 heterocycles. The van der Waals surface area contributed by atoms with Crippen LogP contribution in [0.1, 0.15) is 58.4 Å². The lowest BCUT2D eigenvalue weighted by molar-refractivity contribution is -0.137. The zero-order valence-electron chi connectivity index (χ0n) is 22.4. The van der Waals surface area contributed by atoms with E-state index < -0.39 is 5.97 Å². The molecule has 2 atom stereocenters. The number of carbonyl (C=O) groups is 1. The van der Waals surface area contributed by atoms with E-state index in [0.717, 1.165) is 41.3 Å². The summed E-state index contributed by atoms with van der Waals surface area (Å²) in [5, 5.41) is 13.6. The largest absolute Gasteiger partial charge is 0.492 e. The van der Waals surface area contributed by atoms with Gasteiger partial charge in [-0.15, -0.1) is 0 Å². The molecule has 1 aromatic heterocycles. The number of nitrogens with zero attached hydrogens (tertiary/aromatic N) is 2. The first-order chi connectivity index (χ1) is 18.9. The van der Waals surface area contributed by atoms with Gasteiger partial charge in [0.25, 0.3) is 0 Å². The summed E-state index contributed by atoms with van der Waals surface area (Å²) in [4.78, 5) is 11.2. The number of hydrogen-bond donors (Lipinski definition) is 1. The molecule has 3 aromatic carbocycles. The van der Waals surface area contributed by atoms with Gasteiger partial charge >= 0.3 is 5.97 Å². The van der Waals surface area contributed by atoms with Crippen molar-refractivity contribution in [2.24, 2.45) is 7.05 Å². The van der Waals surface area contributed by atoms with Crippen LogP contribution in [0.25, 0.3) is 11.1 Å². The molecular formula is C32H32N2O5. The highest BCUT2D eigenvalue weighted by Gasteiger charge is 2.30. The van der Waals surface area contributed by atoms with Gasteiger partial charge in [0.1, 0.15) is 30.0 Å². The van der Waals surface area contributed by atoms with E-state index in [9.17, 15) is 4.79 Å². The number of carboxylic acid groups (broad SMARTS) is 1. The SMILES string of the molecule is Cc1cc(OCc2ccn(C)n2)cc(C)c1-c1cccc2c1CCC2Oc1ccc2c(c1)OC[C@H]2CC(=O)O. The molecule has 2 aliphatic rings. The normalized spacial score (nSPS) is 17.4. The minimum absolute atomic E-state index is 0.0455. The lowest BCUT2D eigenvalue weighted by Gasteiger charge is -2.18. The van der Waals surface area contributed by atoms with Crippen LogP contribution in [0.2, 0.25) is 0 Å². The maximum Gasteiger partial charge on any atom is 0.304 e. The number of fused-ring (bicyclic) bond motifs is 2. The van der Waals surface area contributed by atoms with Crippen molar-refractivity contribution in [1.82, 2.24) is 9.78 Å². The smallest absolute Gasteiger partial charge is 0.304 e. The second kappa shape index (κ2) is 10.1. The minimum atomic E-state index is -0.813. The van der Waals surface area contributed by atoms with E-state index in [1.54, 1.807) is 4.68 Å². The number of benzene rings is 3. The third-order valence-corrected chi connectivity index (χ3v) is 7.71. The monoisotopic (exact) mass is 524 g/mol. The van der Waals surface area contributed by atoms with Gasteiger partial charge < -0.3 is 19.3 Å². The molecule has 39 heavy (non-hydrogen) atoms. The van der Waals surface area contributed by atoms with Gasteiger partial charge in [0.05, 0.1) is 18.7 Å². The molecule has 0 spiro atoms. The van der Waals surface area contributed by atoms with Gasteiger partial charge in [-0.2, -0.15) is 5.10 Å². The second-order valence-corrected chi connectivity index (χ2v) is 10.5. The molecule has 7 heteroatoms. The Labute approximate surface area is 228 Å². The first-order valence-electron chi connectivity index (χ1n) is 13.4. The van der Waals surface area contributed by atoms with Crippen LogP contribution in [-0.4, -0.2) is 27.5 Å².